The molecule has 1 aromatic heterocycles. The molecule has 0 bridgehead atoms. The van der Waals surface area contributed by atoms with Crippen molar-refractivity contribution >= 4 is 23.3 Å². The number of nitrogens with zero attached hydrogens (tertiary/aromatic N) is 2. The lowest BCUT2D eigenvalue weighted by molar-refractivity contribution is 0.0949. The Balaban J connectivity index is 1.48. The molecule has 0 fully saturated rings. The highest BCUT2D eigenvalue weighted by Gasteiger charge is 2.08. The second-order valence-corrected chi connectivity index (χ2v) is 6.30. The third-order valence-electron chi connectivity index (χ3n) is 3.91. The quantitative estimate of drug-likeness (QED) is 0.649. The van der Waals surface area contributed by atoms with Crippen molar-refractivity contribution in [3.8, 4) is 0 Å². The zero-order valence-electron chi connectivity index (χ0n) is 14.5. The smallest absolute Gasteiger partial charge is 0.271 e. The number of carbonyl (C=O) groups is 1. The Morgan fingerprint density at radius 2 is 1.81 bits per heavy atom. The summed E-state index contributed by atoms with van der Waals surface area (Å²) in [6, 6.07) is 14.0. The first-order valence-electron chi connectivity index (χ1n) is 8.44. The van der Waals surface area contributed by atoms with E-state index in [0.29, 0.717) is 29.4 Å². The van der Waals surface area contributed by atoms with Crippen LogP contribution >= 0.6 is 11.6 Å². The van der Waals surface area contributed by atoms with E-state index in [1.165, 1.54) is 18.5 Å². The van der Waals surface area contributed by atoms with Crippen LogP contribution in [0.25, 0.3) is 0 Å². The van der Waals surface area contributed by atoms with Gasteiger partial charge in [-0.2, -0.15) is 0 Å². The van der Waals surface area contributed by atoms with Crippen LogP contribution in [0, 0.1) is 5.82 Å². The molecular weight excluding hydrogens is 367 g/mol. The number of hydrogen-bond acceptors (Lipinski definition) is 4. The van der Waals surface area contributed by atoms with Crippen molar-refractivity contribution in [2.24, 2.45) is 0 Å². The molecule has 7 heteroatoms. The molecule has 3 rings (SSSR count). The van der Waals surface area contributed by atoms with Gasteiger partial charge in [-0.25, -0.2) is 14.4 Å². The topological polar surface area (TPSA) is 66.9 Å². The Hall–Kier alpha value is -2.99. The summed E-state index contributed by atoms with van der Waals surface area (Å²) in [5.41, 5.74) is 1.84. The van der Waals surface area contributed by atoms with Gasteiger partial charge < -0.3 is 10.6 Å². The molecule has 0 aliphatic rings. The first-order valence-corrected chi connectivity index (χ1v) is 8.81. The molecule has 0 spiro atoms. The summed E-state index contributed by atoms with van der Waals surface area (Å²) >= 11 is 5.85. The first kappa shape index (κ1) is 18.8. The molecular formula is C20H18ClFN4O. The van der Waals surface area contributed by atoms with Crippen molar-refractivity contribution in [2.45, 2.75) is 13.0 Å². The number of aromatic nitrogens is 2. The number of carbonyl (C=O) groups excluding carboxylic acids is 1. The molecule has 5 nitrogen and oxygen atoms in total. The largest absolute Gasteiger partial charge is 0.365 e. The number of halogens is 2. The molecule has 1 heterocycles. The predicted octanol–water partition coefficient (Wildman–Crippen LogP) is 3.85. The van der Waals surface area contributed by atoms with E-state index in [0.717, 1.165) is 5.56 Å². The van der Waals surface area contributed by atoms with Crippen molar-refractivity contribution in [1.82, 2.24) is 15.3 Å². The molecule has 0 atom stereocenters. The van der Waals surface area contributed by atoms with E-state index >= 15 is 0 Å². The monoisotopic (exact) mass is 384 g/mol. The van der Waals surface area contributed by atoms with Gasteiger partial charge in [0.2, 0.25) is 0 Å². The molecule has 0 saturated heterocycles. The average molecular weight is 385 g/mol. The molecule has 27 heavy (non-hydrogen) atoms. The minimum absolute atomic E-state index is 0.225. The highest BCUT2D eigenvalue weighted by molar-refractivity contribution is 6.30. The van der Waals surface area contributed by atoms with Crippen LogP contribution in [0.5, 0.6) is 0 Å². The Labute approximate surface area is 161 Å². The molecule has 0 saturated carbocycles. The fourth-order valence-corrected chi connectivity index (χ4v) is 2.55. The SMILES string of the molecule is O=C(NCCc1ccc(Cl)cc1)c1cnc(NCc2ccccc2F)cn1. The number of amides is 1. The Kier molecular flexibility index (Phi) is 6.33. The van der Waals surface area contributed by atoms with E-state index in [1.54, 1.807) is 18.2 Å². The summed E-state index contributed by atoms with van der Waals surface area (Å²) in [5.74, 6) is -0.109. The average Bonchev–Trinajstić information content (AvgIpc) is 2.69. The van der Waals surface area contributed by atoms with E-state index in [9.17, 15) is 9.18 Å². The molecule has 2 aromatic carbocycles. The Morgan fingerprint density at radius 3 is 2.52 bits per heavy atom. The minimum atomic E-state index is -0.294. The fraction of sp³-hybridized carbons (Fsp3) is 0.150. The van der Waals surface area contributed by atoms with E-state index in [2.05, 4.69) is 20.6 Å². The van der Waals surface area contributed by atoms with E-state index in [1.807, 2.05) is 24.3 Å². The van der Waals surface area contributed by atoms with Gasteiger partial charge in [0.15, 0.2) is 0 Å². The van der Waals surface area contributed by atoms with Gasteiger partial charge in [-0.1, -0.05) is 41.9 Å². The Morgan fingerprint density at radius 1 is 1.04 bits per heavy atom. The zero-order chi connectivity index (χ0) is 19.1. The minimum Gasteiger partial charge on any atom is -0.365 e. The Bertz CT molecular complexity index is 901. The number of rotatable bonds is 7. The fourth-order valence-electron chi connectivity index (χ4n) is 2.43. The maximum atomic E-state index is 13.6. The summed E-state index contributed by atoms with van der Waals surface area (Å²) in [4.78, 5) is 20.4. The van der Waals surface area contributed by atoms with Gasteiger partial charge in [-0.15, -0.1) is 0 Å². The lowest BCUT2D eigenvalue weighted by Gasteiger charge is -2.08. The summed E-state index contributed by atoms with van der Waals surface area (Å²) in [5, 5.41) is 6.47. The molecule has 0 aliphatic heterocycles. The third kappa shape index (κ3) is 5.49. The summed E-state index contributed by atoms with van der Waals surface area (Å²) in [6.45, 7) is 0.767. The zero-order valence-corrected chi connectivity index (χ0v) is 15.2. The van der Waals surface area contributed by atoms with Gasteiger partial charge in [-0.3, -0.25) is 4.79 Å². The van der Waals surface area contributed by atoms with Crippen LogP contribution < -0.4 is 10.6 Å². The van der Waals surface area contributed by atoms with Gasteiger partial charge in [-0.05, 0) is 30.2 Å². The van der Waals surface area contributed by atoms with Gasteiger partial charge in [0.25, 0.3) is 5.91 Å². The van der Waals surface area contributed by atoms with Crippen molar-refractivity contribution in [2.75, 3.05) is 11.9 Å². The van der Waals surface area contributed by atoms with Crippen LogP contribution in [0.3, 0.4) is 0 Å². The number of nitrogens with one attached hydrogen (secondary N) is 2. The highest BCUT2D eigenvalue weighted by Crippen LogP contribution is 2.10. The maximum Gasteiger partial charge on any atom is 0.271 e. The second kappa shape index (κ2) is 9.09. The van der Waals surface area contributed by atoms with E-state index in [4.69, 9.17) is 11.6 Å². The van der Waals surface area contributed by atoms with Crippen LogP contribution in [0.4, 0.5) is 10.2 Å². The van der Waals surface area contributed by atoms with Gasteiger partial charge in [0.05, 0.1) is 12.4 Å². The van der Waals surface area contributed by atoms with Gasteiger partial charge >= 0.3 is 0 Å². The second-order valence-electron chi connectivity index (χ2n) is 5.86. The molecule has 138 valence electrons. The van der Waals surface area contributed by atoms with Crippen LogP contribution in [0.2, 0.25) is 5.02 Å². The van der Waals surface area contributed by atoms with Crippen molar-refractivity contribution in [3.05, 3.63) is 88.6 Å². The lowest BCUT2D eigenvalue weighted by atomic mass is 10.1. The van der Waals surface area contributed by atoms with Crippen LogP contribution in [0.15, 0.2) is 60.9 Å². The standard InChI is InChI=1S/C20H18ClFN4O/c21-16-7-5-14(6-8-16)9-10-23-20(27)18-12-26-19(13-24-18)25-11-15-3-1-2-4-17(15)22/h1-8,12-13H,9-11H2,(H,23,27)(H,25,26). The maximum absolute atomic E-state index is 13.6. The van der Waals surface area contributed by atoms with Gasteiger partial charge in [0.1, 0.15) is 17.3 Å². The first-order chi connectivity index (χ1) is 13.1. The molecule has 1 amide bonds. The van der Waals surface area contributed by atoms with Crippen LogP contribution in [-0.2, 0) is 13.0 Å². The predicted molar refractivity (Wildman–Crippen MR) is 103 cm³/mol. The molecule has 0 aliphatic carbocycles. The normalized spacial score (nSPS) is 10.4. The van der Waals surface area contributed by atoms with Crippen molar-refractivity contribution < 1.29 is 9.18 Å². The highest BCUT2D eigenvalue weighted by atomic mass is 35.5. The van der Waals surface area contributed by atoms with Crippen LogP contribution in [0.1, 0.15) is 21.6 Å². The van der Waals surface area contributed by atoms with Crippen LogP contribution in [-0.4, -0.2) is 22.4 Å². The summed E-state index contributed by atoms with van der Waals surface area (Å²) in [7, 11) is 0. The van der Waals surface area contributed by atoms with Crippen molar-refractivity contribution in [1.29, 1.82) is 0 Å². The number of anilines is 1. The molecule has 0 radical (unpaired) electrons. The molecule has 3 aromatic rings. The van der Waals surface area contributed by atoms with Crippen molar-refractivity contribution in [3.63, 3.8) is 0 Å². The number of hydrogen-bond donors (Lipinski definition) is 2. The summed E-state index contributed by atoms with van der Waals surface area (Å²) in [6.07, 6.45) is 3.54. The van der Waals surface area contributed by atoms with E-state index < -0.39 is 0 Å². The lowest BCUT2D eigenvalue weighted by Crippen LogP contribution is -2.26. The summed E-state index contributed by atoms with van der Waals surface area (Å²) < 4.78 is 13.6. The van der Waals surface area contributed by atoms with Gasteiger partial charge in [0, 0.05) is 23.7 Å². The van der Waals surface area contributed by atoms with E-state index in [-0.39, 0.29) is 24.0 Å². The number of benzene rings is 2. The third-order valence-corrected chi connectivity index (χ3v) is 4.17. The molecule has 0 unspecified atom stereocenters. The molecule has 2 N–H and O–H groups in total.